The Balaban J connectivity index is 1.89. The second-order valence-electron chi connectivity index (χ2n) is 5.79. The molecule has 1 saturated heterocycles. The molecule has 1 unspecified atom stereocenters. The number of nitrogens with one attached hydrogen (secondary N) is 1. The third-order valence-electron chi connectivity index (χ3n) is 4.15. The highest BCUT2D eigenvalue weighted by molar-refractivity contribution is 5.87. The molecule has 5 heteroatoms. The molecule has 22 heavy (non-hydrogen) atoms. The third-order valence-corrected chi connectivity index (χ3v) is 4.15. The zero-order valence-corrected chi connectivity index (χ0v) is 13.0. The number of hydrogen-bond donors (Lipinski definition) is 2. The zero-order valence-electron chi connectivity index (χ0n) is 13.0. The van der Waals surface area contributed by atoms with E-state index in [-0.39, 0.29) is 11.6 Å². The predicted molar refractivity (Wildman–Crippen MR) is 84.9 cm³/mol. The number of benzene rings is 1. The van der Waals surface area contributed by atoms with Crippen molar-refractivity contribution in [3.63, 3.8) is 0 Å². The first-order valence-electron chi connectivity index (χ1n) is 7.98. The second kappa shape index (κ2) is 7.82. The summed E-state index contributed by atoms with van der Waals surface area (Å²) < 4.78 is 0. The van der Waals surface area contributed by atoms with E-state index in [4.69, 9.17) is 5.11 Å². The summed E-state index contributed by atoms with van der Waals surface area (Å²) in [6.07, 6.45) is 5.51. The molecular formula is C17H24N2O3. The Labute approximate surface area is 131 Å². The SMILES string of the molecule is CCCC1CCCCN1C(=O)NCc1ccc(C(=O)O)cc1. The van der Waals surface area contributed by atoms with Gasteiger partial charge in [0.25, 0.3) is 0 Å². The van der Waals surface area contributed by atoms with E-state index in [1.807, 2.05) is 4.90 Å². The highest BCUT2D eigenvalue weighted by Gasteiger charge is 2.25. The molecule has 2 amide bonds. The van der Waals surface area contributed by atoms with Crippen LogP contribution in [-0.4, -0.2) is 34.6 Å². The molecule has 0 aromatic heterocycles. The molecule has 1 aliphatic heterocycles. The topological polar surface area (TPSA) is 69.6 Å². The monoisotopic (exact) mass is 304 g/mol. The molecule has 5 nitrogen and oxygen atoms in total. The third kappa shape index (κ3) is 4.23. The summed E-state index contributed by atoms with van der Waals surface area (Å²) in [7, 11) is 0. The second-order valence-corrected chi connectivity index (χ2v) is 5.79. The summed E-state index contributed by atoms with van der Waals surface area (Å²) in [5, 5.41) is 11.8. The van der Waals surface area contributed by atoms with Crippen LogP contribution in [0.1, 0.15) is 54.9 Å². The maximum absolute atomic E-state index is 12.4. The van der Waals surface area contributed by atoms with Crippen LogP contribution in [0.4, 0.5) is 4.79 Å². The highest BCUT2D eigenvalue weighted by Crippen LogP contribution is 2.20. The molecule has 0 saturated carbocycles. The first-order valence-corrected chi connectivity index (χ1v) is 7.98. The molecule has 1 aromatic carbocycles. The minimum absolute atomic E-state index is 0.0135. The number of amides is 2. The average molecular weight is 304 g/mol. The number of rotatable bonds is 5. The molecule has 1 heterocycles. The van der Waals surface area contributed by atoms with Crippen molar-refractivity contribution in [1.82, 2.24) is 10.2 Å². The van der Waals surface area contributed by atoms with E-state index in [9.17, 15) is 9.59 Å². The zero-order chi connectivity index (χ0) is 15.9. The number of carboxylic acids is 1. The molecular weight excluding hydrogens is 280 g/mol. The largest absolute Gasteiger partial charge is 0.478 e. The van der Waals surface area contributed by atoms with Crippen LogP contribution in [0.3, 0.4) is 0 Å². The van der Waals surface area contributed by atoms with Gasteiger partial charge in [0.15, 0.2) is 0 Å². The van der Waals surface area contributed by atoms with E-state index in [1.165, 1.54) is 6.42 Å². The maximum Gasteiger partial charge on any atom is 0.335 e. The minimum atomic E-state index is -0.939. The molecule has 1 atom stereocenters. The number of likely N-dealkylation sites (tertiary alicyclic amines) is 1. The number of nitrogens with zero attached hydrogens (tertiary/aromatic N) is 1. The molecule has 1 aromatic rings. The minimum Gasteiger partial charge on any atom is -0.478 e. The first-order chi connectivity index (χ1) is 10.6. The van der Waals surface area contributed by atoms with Crippen molar-refractivity contribution < 1.29 is 14.7 Å². The fraction of sp³-hybridized carbons (Fsp3) is 0.529. The predicted octanol–water partition coefficient (Wildman–Crippen LogP) is 3.25. The fourth-order valence-electron chi connectivity index (χ4n) is 2.95. The first kappa shape index (κ1) is 16.3. The lowest BCUT2D eigenvalue weighted by Gasteiger charge is -2.35. The van der Waals surface area contributed by atoms with E-state index in [0.29, 0.717) is 12.6 Å². The maximum atomic E-state index is 12.4. The van der Waals surface area contributed by atoms with Gasteiger partial charge >= 0.3 is 12.0 Å². The number of hydrogen-bond acceptors (Lipinski definition) is 2. The van der Waals surface area contributed by atoms with Gasteiger partial charge in [0, 0.05) is 19.1 Å². The van der Waals surface area contributed by atoms with Gasteiger partial charge in [0.1, 0.15) is 0 Å². The number of carbonyl (C=O) groups is 2. The normalized spacial score (nSPS) is 18.0. The number of urea groups is 1. The van der Waals surface area contributed by atoms with Crippen molar-refractivity contribution >= 4 is 12.0 Å². The fourth-order valence-corrected chi connectivity index (χ4v) is 2.95. The van der Waals surface area contributed by atoms with Crippen LogP contribution in [0.2, 0.25) is 0 Å². The van der Waals surface area contributed by atoms with Gasteiger partial charge in [0.05, 0.1) is 5.56 Å². The van der Waals surface area contributed by atoms with Gasteiger partial charge < -0.3 is 15.3 Å². The van der Waals surface area contributed by atoms with E-state index in [0.717, 1.165) is 37.8 Å². The van der Waals surface area contributed by atoms with Crippen molar-refractivity contribution in [3.8, 4) is 0 Å². The molecule has 1 fully saturated rings. The summed E-state index contributed by atoms with van der Waals surface area (Å²) in [5.74, 6) is -0.939. The van der Waals surface area contributed by atoms with E-state index in [1.54, 1.807) is 24.3 Å². The van der Waals surface area contributed by atoms with Crippen LogP contribution >= 0.6 is 0 Å². The van der Waals surface area contributed by atoms with Crippen molar-refractivity contribution in [2.75, 3.05) is 6.54 Å². The summed E-state index contributed by atoms with van der Waals surface area (Å²) in [6.45, 7) is 3.40. The van der Waals surface area contributed by atoms with Crippen LogP contribution in [0.15, 0.2) is 24.3 Å². The Morgan fingerprint density at radius 3 is 2.64 bits per heavy atom. The Morgan fingerprint density at radius 2 is 2.00 bits per heavy atom. The smallest absolute Gasteiger partial charge is 0.335 e. The highest BCUT2D eigenvalue weighted by atomic mass is 16.4. The molecule has 0 aliphatic carbocycles. The standard InChI is InChI=1S/C17H24N2O3/c1-2-5-15-6-3-4-11-19(15)17(22)18-12-13-7-9-14(10-8-13)16(20)21/h7-10,15H,2-6,11-12H2,1H3,(H,18,22)(H,20,21). The average Bonchev–Trinajstić information content (AvgIpc) is 2.54. The van der Waals surface area contributed by atoms with Gasteiger partial charge in [-0.1, -0.05) is 25.5 Å². The number of carbonyl (C=O) groups excluding carboxylic acids is 1. The lowest BCUT2D eigenvalue weighted by Crippen LogP contribution is -2.48. The van der Waals surface area contributed by atoms with E-state index < -0.39 is 5.97 Å². The quantitative estimate of drug-likeness (QED) is 0.877. The van der Waals surface area contributed by atoms with Gasteiger partial charge in [-0.25, -0.2) is 9.59 Å². The lowest BCUT2D eigenvalue weighted by molar-refractivity contribution is 0.0697. The Bertz CT molecular complexity index is 511. The molecule has 2 N–H and O–H groups in total. The number of aromatic carboxylic acids is 1. The number of piperidine rings is 1. The van der Waals surface area contributed by atoms with Gasteiger partial charge in [-0.05, 0) is 43.4 Å². The summed E-state index contributed by atoms with van der Waals surface area (Å²) in [5.41, 5.74) is 1.16. The summed E-state index contributed by atoms with van der Waals surface area (Å²) >= 11 is 0. The van der Waals surface area contributed by atoms with Gasteiger partial charge in [-0.3, -0.25) is 0 Å². The van der Waals surface area contributed by atoms with Crippen LogP contribution < -0.4 is 5.32 Å². The van der Waals surface area contributed by atoms with E-state index >= 15 is 0 Å². The Hall–Kier alpha value is -2.04. The number of carboxylic acid groups (broad SMARTS) is 1. The van der Waals surface area contributed by atoms with Crippen LogP contribution in [0.5, 0.6) is 0 Å². The molecule has 0 bridgehead atoms. The van der Waals surface area contributed by atoms with Crippen LogP contribution in [0.25, 0.3) is 0 Å². The molecule has 0 spiro atoms. The van der Waals surface area contributed by atoms with Crippen molar-refractivity contribution in [3.05, 3.63) is 35.4 Å². The summed E-state index contributed by atoms with van der Waals surface area (Å²) in [4.78, 5) is 25.1. The van der Waals surface area contributed by atoms with Gasteiger partial charge in [-0.15, -0.1) is 0 Å². The van der Waals surface area contributed by atoms with Crippen LogP contribution in [-0.2, 0) is 6.54 Å². The molecule has 0 radical (unpaired) electrons. The van der Waals surface area contributed by atoms with Gasteiger partial charge in [-0.2, -0.15) is 0 Å². The Morgan fingerprint density at radius 1 is 1.27 bits per heavy atom. The van der Waals surface area contributed by atoms with E-state index in [2.05, 4.69) is 12.2 Å². The van der Waals surface area contributed by atoms with Crippen molar-refractivity contribution in [2.45, 2.75) is 51.6 Å². The van der Waals surface area contributed by atoms with Gasteiger partial charge in [0.2, 0.25) is 0 Å². The molecule has 120 valence electrons. The lowest BCUT2D eigenvalue weighted by atomic mass is 9.99. The molecule has 1 aliphatic rings. The molecule has 2 rings (SSSR count). The van der Waals surface area contributed by atoms with Crippen molar-refractivity contribution in [2.24, 2.45) is 0 Å². The van der Waals surface area contributed by atoms with Crippen molar-refractivity contribution in [1.29, 1.82) is 0 Å². The van der Waals surface area contributed by atoms with Crippen LogP contribution in [0, 0.1) is 0 Å². The Kier molecular flexibility index (Phi) is 5.81. The summed E-state index contributed by atoms with van der Waals surface area (Å²) in [6, 6.07) is 6.94.